The normalized spacial score (nSPS) is 15.0. The van der Waals surface area contributed by atoms with E-state index in [-0.39, 0.29) is 24.9 Å². The van der Waals surface area contributed by atoms with Gasteiger partial charge in [-0.15, -0.1) is 5.10 Å². The molecule has 1 aromatic heterocycles. The van der Waals surface area contributed by atoms with Crippen molar-refractivity contribution in [2.24, 2.45) is 0 Å². The van der Waals surface area contributed by atoms with Gasteiger partial charge in [-0.05, 0) is 70.8 Å². The van der Waals surface area contributed by atoms with Crippen LogP contribution < -0.4 is 10.6 Å². The van der Waals surface area contributed by atoms with Crippen LogP contribution in [0.15, 0.2) is 97.5 Å². The van der Waals surface area contributed by atoms with Crippen molar-refractivity contribution in [3.63, 3.8) is 0 Å². The van der Waals surface area contributed by atoms with Gasteiger partial charge in [0.2, 0.25) is 5.91 Å². The molecule has 0 radical (unpaired) electrons. The highest BCUT2D eigenvalue weighted by atomic mass is 35.5. The lowest BCUT2D eigenvalue weighted by atomic mass is 9.97. The minimum atomic E-state index is -0.787. The summed E-state index contributed by atoms with van der Waals surface area (Å²) in [6.07, 6.45) is 5.52. The first-order valence-corrected chi connectivity index (χ1v) is 14.7. The van der Waals surface area contributed by atoms with Gasteiger partial charge in [0.05, 0.1) is 17.5 Å². The summed E-state index contributed by atoms with van der Waals surface area (Å²) in [5.41, 5.74) is 3.40. The van der Waals surface area contributed by atoms with E-state index < -0.39 is 18.0 Å². The van der Waals surface area contributed by atoms with E-state index >= 15 is 0 Å². The second-order valence-corrected chi connectivity index (χ2v) is 10.9. The van der Waals surface area contributed by atoms with Gasteiger partial charge in [-0.25, -0.2) is 4.79 Å². The van der Waals surface area contributed by atoms with Crippen molar-refractivity contribution in [2.75, 3.05) is 11.9 Å². The van der Waals surface area contributed by atoms with Crippen molar-refractivity contribution in [3.8, 4) is 5.69 Å². The average Bonchev–Trinajstić information content (AvgIpc) is 3.72. The average molecular weight is 627 g/mol. The zero-order valence-electron chi connectivity index (χ0n) is 24.3. The Morgan fingerprint density at radius 3 is 2.60 bits per heavy atom. The van der Waals surface area contributed by atoms with Crippen LogP contribution in [0.1, 0.15) is 29.5 Å². The van der Waals surface area contributed by atoms with Crippen LogP contribution in [0.25, 0.3) is 11.8 Å². The lowest BCUT2D eigenvalue weighted by Gasteiger charge is -2.17. The van der Waals surface area contributed by atoms with Crippen LogP contribution in [-0.2, 0) is 31.9 Å². The number of hydrogen-bond donors (Lipinski definition) is 2. The molecule has 3 aromatic carbocycles. The van der Waals surface area contributed by atoms with Gasteiger partial charge in [0.25, 0.3) is 0 Å². The number of Topliss-reactive ketones (excluding diaryl/α,β-unsaturated/α-hetero) is 1. The van der Waals surface area contributed by atoms with E-state index in [2.05, 4.69) is 32.7 Å². The fourth-order valence-electron chi connectivity index (χ4n) is 4.77. The number of amides is 2. The molecule has 45 heavy (non-hydrogen) atoms. The number of ketones is 1. The number of rotatable bonds is 12. The van der Waals surface area contributed by atoms with Crippen LogP contribution in [0.2, 0.25) is 5.02 Å². The van der Waals surface area contributed by atoms with Crippen LogP contribution in [0.4, 0.5) is 10.5 Å². The number of anilines is 1. The molecule has 230 valence electrons. The molecule has 0 bridgehead atoms. The molecule has 2 N–H and O–H groups in total. The van der Waals surface area contributed by atoms with Crippen molar-refractivity contribution >= 4 is 41.1 Å². The van der Waals surface area contributed by atoms with E-state index in [9.17, 15) is 14.4 Å². The molecule has 2 atom stereocenters. The number of ether oxygens (including phenoxy) is 2. The summed E-state index contributed by atoms with van der Waals surface area (Å²) in [5.74, 6) is 0.0814. The second kappa shape index (κ2) is 14.9. The van der Waals surface area contributed by atoms with Crippen LogP contribution in [0.3, 0.4) is 0 Å². The van der Waals surface area contributed by atoms with Crippen molar-refractivity contribution in [1.82, 2.24) is 25.5 Å². The summed E-state index contributed by atoms with van der Waals surface area (Å²) in [5, 5.41) is 17.2. The van der Waals surface area contributed by atoms with Gasteiger partial charge >= 0.3 is 6.09 Å². The number of hydrogen-bond acceptors (Lipinski definition) is 8. The zero-order chi connectivity index (χ0) is 31.6. The molecule has 12 heteroatoms. The van der Waals surface area contributed by atoms with E-state index in [1.165, 1.54) is 17.1 Å². The van der Waals surface area contributed by atoms with Crippen molar-refractivity contribution in [2.45, 2.75) is 37.8 Å². The van der Waals surface area contributed by atoms with Gasteiger partial charge in [0.1, 0.15) is 19.0 Å². The SMILES string of the molecule is C=C1CC[C@H](COC(=O)Nc2ccc(CC(=O)[C@H](Cc3ccccc3)NC(=O)/C=C/c3cc(Cl)ccc3-n3cnnn3)cc2)O1. The van der Waals surface area contributed by atoms with E-state index in [1.807, 2.05) is 30.3 Å². The monoisotopic (exact) mass is 626 g/mol. The van der Waals surface area contributed by atoms with Crippen LogP contribution in [0, 0.1) is 0 Å². The van der Waals surface area contributed by atoms with E-state index in [1.54, 1.807) is 48.5 Å². The summed E-state index contributed by atoms with van der Waals surface area (Å²) < 4.78 is 12.2. The minimum Gasteiger partial charge on any atom is -0.492 e. The number of nitrogens with zero attached hydrogens (tertiary/aromatic N) is 4. The van der Waals surface area contributed by atoms with Crippen LogP contribution >= 0.6 is 11.6 Å². The predicted molar refractivity (Wildman–Crippen MR) is 169 cm³/mol. The van der Waals surface area contributed by atoms with Gasteiger partial charge in [-0.3, -0.25) is 14.9 Å². The number of nitrogens with one attached hydrogen (secondary N) is 2. The molecule has 1 saturated heterocycles. The highest BCUT2D eigenvalue weighted by Gasteiger charge is 2.22. The van der Waals surface area contributed by atoms with Gasteiger partial charge in [0.15, 0.2) is 5.78 Å². The first kappa shape index (κ1) is 31.1. The molecule has 2 heterocycles. The van der Waals surface area contributed by atoms with Crippen LogP contribution in [-0.4, -0.2) is 56.7 Å². The number of allylic oxidation sites excluding steroid dienone is 1. The number of tetrazole rings is 1. The number of benzene rings is 3. The quantitative estimate of drug-likeness (QED) is 0.207. The Labute approximate surface area is 264 Å². The van der Waals surface area contributed by atoms with Crippen molar-refractivity contribution in [1.29, 1.82) is 0 Å². The topological polar surface area (TPSA) is 137 Å². The number of carbonyl (C=O) groups excluding carboxylic acids is 3. The molecule has 0 unspecified atom stereocenters. The Hall–Kier alpha value is -5.29. The summed E-state index contributed by atoms with van der Waals surface area (Å²) in [6, 6.07) is 20.7. The number of carbonyl (C=O) groups is 3. The Balaban J connectivity index is 1.21. The van der Waals surface area contributed by atoms with Gasteiger partial charge < -0.3 is 14.8 Å². The molecular weight excluding hydrogens is 596 g/mol. The lowest BCUT2D eigenvalue weighted by molar-refractivity contribution is -0.125. The summed E-state index contributed by atoms with van der Waals surface area (Å²) in [6.45, 7) is 3.91. The summed E-state index contributed by atoms with van der Waals surface area (Å²) in [7, 11) is 0. The number of halogens is 1. The Morgan fingerprint density at radius 2 is 1.89 bits per heavy atom. The van der Waals surface area contributed by atoms with Gasteiger partial charge in [0, 0.05) is 35.2 Å². The Kier molecular flexibility index (Phi) is 10.3. The third-order valence-electron chi connectivity index (χ3n) is 7.04. The standard InChI is InChI=1S/C33H31ClN6O5/c1-22-7-14-28(45-22)20-44-33(43)36-27-12-8-24(9-13-27)18-31(41)29(17-23-5-3-2-4-6-23)37-32(42)16-10-25-19-26(34)11-15-30(25)40-21-35-38-39-40/h2-6,8-13,15-16,19,21,28-29H,1,7,14,17-18,20H2,(H,36,43)(H,37,42)/b16-10+/t28-,29+/m1/s1. The molecule has 0 aliphatic carbocycles. The predicted octanol–water partition coefficient (Wildman–Crippen LogP) is 5.11. The molecule has 4 aromatic rings. The number of aromatic nitrogens is 4. The first-order valence-electron chi connectivity index (χ1n) is 14.3. The zero-order valence-corrected chi connectivity index (χ0v) is 25.0. The first-order chi connectivity index (χ1) is 21.8. The molecule has 1 aliphatic rings. The molecule has 0 spiro atoms. The Bertz CT molecular complexity index is 1680. The van der Waals surface area contributed by atoms with Gasteiger partial charge in [-0.2, -0.15) is 4.68 Å². The van der Waals surface area contributed by atoms with Crippen molar-refractivity contribution < 1.29 is 23.9 Å². The highest BCUT2D eigenvalue weighted by molar-refractivity contribution is 6.30. The largest absolute Gasteiger partial charge is 0.492 e. The van der Waals surface area contributed by atoms with Crippen LogP contribution in [0.5, 0.6) is 0 Å². The smallest absolute Gasteiger partial charge is 0.411 e. The summed E-state index contributed by atoms with van der Waals surface area (Å²) in [4.78, 5) is 38.7. The lowest BCUT2D eigenvalue weighted by Crippen LogP contribution is -2.42. The third kappa shape index (κ3) is 9.10. The van der Waals surface area contributed by atoms with Gasteiger partial charge in [-0.1, -0.05) is 60.6 Å². The maximum absolute atomic E-state index is 13.5. The maximum Gasteiger partial charge on any atom is 0.411 e. The highest BCUT2D eigenvalue weighted by Crippen LogP contribution is 2.22. The fourth-order valence-corrected chi connectivity index (χ4v) is 4.95. The molecule has 5 rings (SSSR count). The second-order valence-electron chi connectivity index (χ2n) is 10.4. The van der Waals surface area contributed by atoms with E-state index in [4.69, 9.17) is 21.1 Å². The summed E-state index contributed by atoms with van der Waals surface area (Å²) >= 11 is 6.19. The third-order valence-corrected chi connectivity index (χ3v) is 7.28. The fraction of sp³-hybridized carbons (Fsp3) is 0.212. The van der Waals surface area contributed by atoms with E-state index in [0.29, 0.717) is 34.1 Å². The Morgan fingerprint density at radius 1 is 1.09 bits per heavy atom. The molecule has 11 nitrogen and oxygen atoms in total. The van der Waals surface area contributed by atoms with Crippen molar-refractivity contribution in [3.05, 3.63) is 119 Å². The maximum atomic E-state index is 13.5. The molecule has 1 fully saturated rings. The van der Waals surface area contributed by atoms with E-state index in [0.717, 1.165) is 24.0 Å². The molecule has 2 amide bonds. The molecular formula is C33H31ClN6O5. The molecule has 1 aliphatic heterocycles. The molecule has 0 saturated carbocycles. The minimum absolute atomic E-state index is 0.0763.